The Bertz CT molecular complexity index is 606. The second-order valence-electron chi connectivity index (χ2n) is 2.88. The van der Waals surface area contributed by atoms with E-state index < -0.39 is 25.7 Å². The largest absolute Gasteiger partial charge is 0.417 e. The lowest BCUT2D eigenvalue weighted by atomic mass is 10.1. The molecule has 0 spiro atoms. The number of hydrogen-bond acceptors (Lipinski definition) is 3. The van der Waals surface area contributed by atoms with E-state index in [2.05, 4.69) is 15.9 Å². The molecular formula is C8H2BrClF3NO2S. The maximum atomic E-state index is 12.6. The highest BCUT2D eigenvalue weighted by Gasteiger charge is 2.37. The molecule has 17 heavy (non-hydrogen) atoms. The van der Waals surface area contributed by atoms with Gasteiger partial charge in [-0.2, -0.15) is 18.4 Å². The third-order valence-electron chi connectivity index (χ3n) is 1.76. The molecule has 3 nitrogen and oxygen atoms in total. The molecule has 0 saturated carbocycles. The molecule has 1 aromatic rings. The van der Waals surface area contributed by atoms with Gasteiger partial charge in [-0.15, -0.1) is 0 Å². The number of nitrogens with zero attached hydrogens (tertiary/aromatic N) is 1. The van der Waals surface area contributed by atoms with Crippen molar-refractivity contribution in [1.29, 1.82) is 5.26 Å². The molecule has 0 aliphatic rings. The lowest BCUT2D eigenvalue weighted by Crippen LogP contribution is -2.11. The first-order chi connectivity index (χ1) is 7.57. The van der Waals surface area contributed by atoms with Crippen molar-refractivity contribution in [2.45, 2.75) is 11.1 Å². The van der Waals surface area contributed by atoms with Gasteiger partial charge in [-0.3, -0.25) is 0 Å². The Labute approximate surface area is 107 Å². The molecule has 0 bridgehead atoms. The highest BCUT2D eigenvalue weighted by atomic mass is 79.9. The van der Waals surface area contributed by atoms with Crippen LogP contribution in [0.3, 0.4) is 0 Å². The van der Waals surface area contributed by atoms with Crippen LogP contribution in [0.25, 0.3) is 0 Å². The Morgan fingerprint density at radius 1 is 1.35 bits per heavy atom. The summed E-state index contributed by atoms with van der Waals surface area (Å²) < 4.78 is 59.6. The molecule has 0 aliphatic heterocycles. The summed E-state index contributed by atoms with van der Waals surface area (Å²) in [5.74, 6) is 0. The number of benzene rings is 1. The molecule has 0 amide bonds. The maximum absolute atomic E-state index is 12.6. The maximum Gasteiger partial charge on any atom is 0.417 e. The van der Waals surface area contributed by atoms with Crippen LogP contribution < -0.4 is 0 Å². The molecule has 0 unspecified atom stereocenters. The van der Waals surface area contributed by atoms with Crippen LogP contribution in [-0.4, -0.2) is 8.42 Å². The van der Waals surface area contributed by atoms with Gasteiger partial charge in [-0.1, -0.05) is 0 Å². The lowest BCUT2D eigenvalue weighted by Gasteiger charge is -2.11. The van der Waals surface area contributed by atoms with Crippen molar-refractivity contribution < 1.29 is 21.6 Å². The van der Waals surface area contributed by atoms with Gasteiger partial charge >= 0.3 is 6.18 Å². The van der Waals surface area contributed by atoms with E-state index in [1.54, 1.807) is 6.07 Å². The first-order valence-corrected chi connectivity index (χ1v) is 6.93. The van der Waals surface area contributed by atoms with Crippen molar-refractivity contribution in [2.24, 2.45) is 0 Å². The zero-order chi connectivity index (χ0) is 13.4. The summed E-state index contributed by atoms with van der Waals surface area (Å²) >= 11 is 2.74. The highest BCUT2D eigenvalue weighted by Crippen LogP contribution is 2.38. The van der Waals surface area contributed by atoms with Gasteiger partial charge in [0.2, 0.25) is 0 Å². The Morgan fingerprint density at radius 3 is 2.24 bits per heavy atom. The molecule has 9 heteroatoms. The zero-order valence-corrected chi connectivity index (χ0v) is 10.9. The fourth-order valence-corrected chi connectivity index (χ4v) is 2.57. The Balaban J connectivity index is 3.74. The normalized spacial score (nSPS) is 12.2. The quantitative estimate of drug-likeness (QED) is 0.732. The first kappa shape index (κ1) is 14.3. The van der Waals surface area contributed by atoms with Gasteiger partial charge in [0, 0.05) is 15.2 Å². The van der Waals surface area contributed by atoms with E-state index in [1.165, 1.54) is 0 Å². The van der Waals surface area contributed by atoms with Gasteiger partial charge in [-0.25, -0.2) is 8.42 Å². The summed E-state index contributed by atoms with van der Waals surface area (Å²) in [6.45, 7) is 0. The minimum Gasteiger partial charge on any atom is -0.207 e. The van der Waals surface area contributed by atoms with Crippen LogP contribution in [0.15, 0.2) is 21.5 Å². The van der Waals surface area contributed by atoms with Crippen molar-refractivity contribution in [3.8, 4) is 6.07 Å². The third-order valence-corrected chi connectivity index (χ3v) is 3.78. The SMILES string of the molecule is N#Cc1cc(S(=O)(=O)Cl)c(C(F)(F)F)cc1Br. The highest BCUT2D eigenvalue weighted by molar-refractivity contribution is 9.10. The molecule has 0 radical (unpaired) electrons. The molecule has 1 aromatic carbocycles. The second-order valence-corrected chi connectivity index (χ2v) is 6.26. The Kier molecular flexibility index (Phi) is 3.76. The van der Waals surface area contributed by atoms with E-state index in [9.17, 15) is 21.6 Å². The smallest absolute Gasteiger partial charge is 0.207 e. The number of alkyl halides is 3. The van der Waals surface area contributed by atoms with Gasteiger partial charge in [0.15, 0.2) is 0 Å². The van der Waals surface area contributed by atoms with Crippen LogP contribution in [0.2, 0.25) is 0 Å². The van der Waals surface area contributed by atoms with E-state index in [0.717, 1.165) is 0 Å². The Morgan fingerprint density at radius 2 is 1.88 bits per heavy atom. The fraction of sp³-hybridized carbons (Fsp3) is 0.125. The van der Waals surface area contributed by atoms with Crippen LogP contribution in [0.5, 0.6) is 0 Å². The minimum atomic E-state index is -4.88. The molecule has 0 heterocycles. The molecule has 0 N–H and O–H groups in total. The van der Waals surface area contributed by atoms with Crippen molar-refractivity contribution >= 4 is 35.7 Å². The number of hydrogen-bond donors (Lipinski definition) is 0. The standard InChI is InChI=1S/C8H2BrClF3NO2S/c9-6-2-5(8(11,12)13)7(17(10,15)16)1-4(6)3-14/h1-2H. The fourth-order valence-electron chi connectivity index (χ4n) is 1.06. The molecule has 0 aromatic heterocycles. The second kappa shape index (κ2) is 4.48. The topological polar surface area (TPSA) is 57.9 Å². The summed E-state index contributed by atoms with van der Waals surface area (Å²) in [5.41, 5.74) is -1.67. The van der Waals surface area contributed by atoms with E-state index in [4.69, 9.17) is 15.9 Å². The average molecular weight is 349 g/mol. The summed E-state index contributed by atoms with van der Waals surface area (Å²) in [4.78, 5) is -1.13. The first-order valence-electron chi connectivity index (χ1n) is 3.83. The molecule has 0 saturated heterocycles. The predicted octanol–water partition coefficient (Wildman–Crippen LogP) is 3.27. The van der Waals surface area contributed by atoms with E-state index in [0.29, 0.717) is 12.1 Å². The van der Waals surface area contributed by atoms with Crippen LogP contribution >= 0.6 is 26.6 Å². The van der Waals surface area contributed by atoms with Crippen molar-refractivity contribution in [3.63, 3.8) is 0 Å². The summed E-state index contributed by atoms with van der Waals surface area (Å²) in [6, 6.07) is 2.64. The van der Waals surface area contributed by atoms with Gasteiger partial charge < -0.3 is 0 Å². The van der Waals surface area contributed by atoms with Gasteiger partial charge in [0.05, 0.1) is 16.0 Å². The van der Waals surface area contributed by atoms with Crippen LogP contribution in [-0.2, 0) is 15.2 Å². The van der Waals surface area contributed by atoms with E-state index >= 15 is 0 Å². The van der Waals surface area contributed by atoms with Gasteiger partial charge in [0.25, 0.3) is 9.05 Å². The van der Waals surface area contributed by atoms with Crippen molar-refractivity contribution in [2.75, 3.05) is 0 Å². The molecule has 92 valence electrons. The van der Waals surface area contributed by atoms with Crippen LogP contribution in [0.4, 0.5) is 13.2 Å². The molecule has 0 atom stereocenters. The lowest BCUT2D eigenvalue weighted by molar-refractivity contribution is -0.139. The third kappa shape index (κ3) is 3.12. The summed E-state index contributed by atoms with van der Waals surface area (Å²) in [5, 5.41) is 8.60. The molecule has 0 aliphatic carbocycles. The monoisotopic (exact) mass is 347 g/mol. The summed E-state index contributed by atoms with van der Waals surface area (Å²) in [7, 11) is 0.313. The van der Waals surface area contributed by atoms with Crippen LogP contribution in [0.1, 0.15) is 11.1 Å². The van der Waals surface area contributed by atoms with Gasteiger partial charge in [-0.05, 0) is 28.1 Å². The minimum absolute atomic E-state index is 0.156. The van der Waals surface area contributed by atoms with Crippen molar-refractivity contribution in [1.82, 2.24) is 0 Å². The van der Waals surface area contributed by atoms with Crippen LogP contribution in [0, 0.1) is 11.3 Å². The number of rotatable bonds is 1. The van der Waals surface area contributed by atoms with E-state index in [-0.39, 0.29) is 10.0 Å². The van der Waals surface area contributed by atoms with Crippen molar-refractivity contribution in [3.05, 3.63) is 27.7 Å². The summed E-state index contributed by atoms with van der Waals surface area (Å²) in [6.07, 6.45) is -4.88. The number of halogens is 5. The molecule has 1 rings (SSSR count). The molecular weight excluding hydrogens is 347 g/mol. The number of nitriles is 1. The zero-order valence-electron chi connectivity index (χ0n) is 7.72. The average Bonchev–Trinajstić information content (AvgIpc) is 2.14. The predicted molar refractivity (Wildman–Crippen MR) is 56.9 cm³/mol. The Hall–Kier alpha value is -0.780. The van der Waals surface area contributed by atoms with E-state index in [1.807, 2.05) is 0 Å². The molecule has 0 fully saturated rings. The van der Waals surface area contributed by atoms with Gasteiger partial charge in [0.1, 0.15) is 6.07 Å².